The number of amides is 3. The second-order valence-electron chi connectivity index (χ2n) is 8.05. The largest absolute Gasteiger partial charge is 0.376 e. The highest BCUT2D eigenvalue weighted by atomic mass is 16.5. The Balaban J connectivity index is 1.41. The first kappa shape index (κ1) is 23.3. The number of carbonyl (C=O) groups is 3. The Kier molecular flexibility index (Phi) is 8.21. The first-order valence-electron chi connectivity index (χ1n) is 10.9. The zero-order valence-corrected chi connectivity index (χ0v) is 18.4. The van der Waals surface area contributed by atoms with Crippen LogP contribution in [-0.2, 0) is 14.3 Å². The van der Waals surface area contributed by atoms with Crippen LogP contribution in [0.2, 0.25) is 0 Å². The van der Waals surface area contributed by atoms with E-state index in [1.54, 1.807) is 48.5 Å². The van der Waals surface area contributed by atoms with Gasteiger partial charge in [0.1, 0.15) is 0 Å². The molecule has 0 aromatic heterocycles. The van der Waals surface area contributed by atoms with Gasteiger partial charge in [-0.2, -0.15) is 0 Å². The van der Waals surface area contributed by atoms with Crippen molar-refractivity contribution in [1.82, 2.24) is 5.32 Å². The van der Waals surface area contributed by atoms with Crippen molar-refractivity contribution < 1.29 is 19.1 Å². The lowest BCUT2D eigenvalue weighted by Gasteiger charge is -2.12. The van der Waals surface area contributed by atoms with Crippen molar-refractivity contribution in [3.63, 3.8) is 0 Å². The lowest BCUT2D eigenvalue weighted by molar-refractivity contribution is -0.119. The molecule has 8 heteroatoms. The summed E-state index contributed by atoms with van der Waals surface area (Å²) in [6, 6.07) is 13.9. The van der Waals surface area contributed by atoms with E-state index in [2.05, 4.69) is 21.3 Å². The first-order chi connectivity index (χ1) is 15.4. The maximum atomic E-state index is 12.2. The van der Waals surface area contributed by atoms with Gasteiger partial charge in [-0.1, -0.05) is 13.8 Å². The second-order valence-corrected chi connectivity index (χ2v) is 8.05. The monoisotopic (exact) mass is 438 g/mol. The van der Waals surface area contributed by atoms with Crippen LogP contribution in [0.3, 0.4) is 0 Å². The van der Waals surface area contributed by atoms with Crippen molar-refractivity contribution in [2.75, 3.05) is 35.6 Å². The molecule has 8 nitrogen and oxygen atoms in total. The molecule has 2 aromatic rings. The minimum Gasteiger partial charge on any atom is -0.376 e. The van der Waals surface area contributed by atoms with E-state index in [4.69, 9.17) is 4.74 Å². The van der Waals surface area contributed by atoms with Gasteiger partial charge in [-0.15, -0.1) is 0 Å². The molecule has 0 radical (unpaired) electrons. The van der Waals surface area contributed by atoms with E-state index in [1.165, 1.54) is 0 Å². The van der Waals surface area contributed by atoms with Crippen molar-refractivity contribution in [3.05, 3.63) is 54.1 Å². The molecule has 1 unspecified atom stereocenters. The van der Waals surface area contributed by atoms with Gasteiger partial charge in [-0.3, -0.25) is 14.4 Å². The van der Waals surface area contributed by atoms with Crippen LogP contribution < -0.4 is 21.3 Å². The fraction of sp³-hybridized carbons (Fsp3) is 0.375. The highest BCUT2D eigenvalue weighted by Crippen LogP contribution is 2.15. The molecule has 1 heterocycles. The highest BCUT2D eigenvalue weighted by molar-refractivity contribution is 5.97. The fourth-order valence-corrected chi connectivity index (χ4v) is 3.16. The van der Waals surface area contributed by atoms with Crippen molar-refractivity contribution >= 4 is 34.8 Å². The van der Waals surface area contributed by atoms with Crippen LogP contribution in [-0.4, -0.2) is 43.5 Å². The number of hydrogen-bond donors (Lipinski definition) is 4. The van der Waals surface area contributed by atoms with Gasteiger partial charge in [0.15, 0.2) is 0 Å². The van der Waals surface area contributed by atoms with E-state index in [1.807, 2.05) is 13.8 Å². The minimum absolute atomic E-state index is 0.0450. The van der Waals surface area contributed by atoms with Gasteiger partial charge in [-0.05, 0) is 61.4 Å². The molecule has 4 N–H and O–H groups in total. The van der Waals surface area contributed by atoms with E-state index in [9.17, 15) is 14.4 Å². The molecule has 0 spiro atoms. The zero-order chi connectivity index (χ0) is 22.9. The Morgan fingerprint density at radius 1 is 0.938 bits per heavy atom. The number of ether oxygens (including phenoxy) is 1. The van der Waals surface area contributed by atoms with Gasteiger partial charge in [-0.25, -0.2) is 0 Å². The third-order valence-electron chi connectivity index (χ3n) is 5.08. The topological polar surface area (TPSA) is 109 Å². The second kappa shape index (κ2) is 11.3. The molecule has 1 atom stereocenters. The van der Waals surface area contributed by atoms with Crippen molar-refractivity contribution in [1.29, 1.82) is 0 Å². The van der Waals surface area contributed by atoms with E-state index in [0.29, 0.717) is 23.5 Å². The maximum Gasteiger partial charge on any atom is 0.251 e. The van der Waals surface area contributed by atoms with E-state index in [0.717, 1.165) is 25.1 Å². The van der Waals surface area contributed by atoms with Crippen molar-refractivity contribution in [2.45, 2.75) is 32.8 Å². The molecule has 1 aliphatic rings. The molecule has 170 valence electrons. The third-order valence-corrected chi connectivity index (χ3v) is 5.08. The smallest absolute Gasteiger partial charge is 0.251 e. The number of hydrogen-bond acceptors (Lipinski definition) is 5. The molecule has 3 amide bonds. The summed E-state index contributed by atoms with van der Waals surface area (Å²) in [5.41, 5.74) is 2.61. The lowest BCUT2D eigenvalue weighted by Crippen LogP contribution is -2.31. The summed E-state index contributed by atoms with van der Waals surface area (Å²) in [5, 5.41) is 11.5. The van der Waals surface area contributed by atoms with E-state index < -0.39 is 0 Å². The van der Waals surface area contributed by atoms with Crippen LogP contribution in [0.1, 0.15) is 37.0 Å². The van der Waals surface area contributed by atoms with E-state index in [-0.39, 0.29) is 36.3 Å². The van der Waals surface area contributed by atoms with Gasteiger partial charge in [0.25, 0.3) is 5.91 Å². The molecule has 1 saturated heterocycles. The SMILES string of the molecule is CC(C)C(=O)Nc1ccc(NCC(=O)Nc2ccc(C(=O)NCC3CCCO3)cc2)cc1. The predicted molar refractivity (Wildman–Crippen MR) is 125 cm³/mol. The summed E-state index contributed by atoms with van der Waals surface area (Å²) < 4.78 is 5.50. The normalized spacial score (nSPS) is 15.3. The number of rotatable bonds is 9. The van der Waals surface area contributed by atoms with Crippen LogP contribution >= 0.6 is 0 Å². The molecule has 0 aliphatic carbocycles. The molecule has 32 heavy (non-hydrogen) atoms. The fourth-order valence-electron chi connectivity index (χ4n) is 3.16. The summed E-state index contributed by atoms with van der Waals surface area (Å²) in [6.45, 7) is 5.01. The van der Waals surface area contributed by atoms with Gasteiger partial charge >= 0.3 is 0 Å². The molecule has 1 fully saturated rings. The summed E-state index contributed by atoms with van der Waals surface area (Å²) in [7, 11) is 0. The highest BCUT2D eigenvalue weighted by Gasteiger charge is 2.16. The summed E-state index contributed by atoms with van der Waals surface area (Å²) >= 11 is 0. The summed E-state index contributed by atoms with van der Waals surface area (Å²) in [4.78, 5) is 36.2. The Morgan fingerprint density at radius 2 is 1.56 bits per heavy atom. The Hall–Kier alpha value is -3.39. The number of benzene rings is 2. The molecule has 3 rings (SSSR count). The predicted octanol–water partition coefficient (Wildman–Crippen LogP) is 3.24. The Bertz CT molecular complexity index is 920. The van der Waals surface area contributed by atoms with Crippen LogP contribution in [0.5, 0.6) is 0 Å². The zero-order valence-electron chi connectivity index (χ0n) is 18.4. The average Bonchev–Trinajstić information content (AvgIpc) is 3.31. The molecule has 0 saturated carbocycles. The van der Waals surface area contributed by atoms with E-state index >= 15 is 0 Å². The van der Waals surface area contributed by atoms with Crippen LogP contribution in [0.4, 0.5) is 17.1 Å². The standard InChI is InChI=1S/C24H30N4O4/c1-16(2)23(30)28-20-11-9-18(10-12-20)25-15-22(29)27-19-7-5-17(6-8-19)24(31)26-14-21-4-3-13-32-21/h5-12,16,21,25H,3-4,13-15H2,1-2H3,(H,26,31)(H,27,29)(H,28,30). The first-order valence-corrected chi connectivity index (χ1v) is 10.9. The van der Waals surface area contributed by atoms with Crippen LogP contribution in [0.25, 0.3) is 0 Å². The van der Waals surface area contributed by atoms with Crippen LogP contribution in [0.15, 0.2) is 48.5 Å². The average molecular weight is 439 g/mol. The molecular weight excluding hydrogens is 408 g/mol. The Labute approximate surface area is 188 Å². The number of nitrogens with one attached hydrogen (secondary N) is 4. The lowest BCUT2D eigenvalue weighted by atomic mass is 10.2. The summed E-state index contributed by atoms with van der Waals surface area (Å²) in [5.74, 6) is -0.506. The van der Waals surface area contributed by atoms with Gasteiger partial charge in [0.05, 0.1) is 12.6 Å². The Morgan fingerprint density at radius 3 is 2.19 bits per heavy atom. The molecular formula is C24H30N4O4. The molecule has 0 bridgehead atoms. The third kappa shape index (κ3) is 7.09. The van der Waals surface area contributed by atoms with Crippen molar-refractivity contribution in [3.8, 4) is 0 Å². The molecule has 2 aromatic carbocycles. The maximum absolute atomic E-state index is 12.2. The van der Waals surface area contributed by atoms with Gasteiger partial charge in [0.2, 0.25) is 11.8 Å². The minimum atomic E-state index is -0.210. The van der Waals surface area contributed by atoms with Gasteiger partial charge < -0.3 is 26.0 Å². The molecule has 1 aliphatic heterocycles. The number of carbonyl (C=O) groups excluding carboxylic acids is 3. The van der Waals surface area contributed by atoms with Crippen molar-refractivity contribution in [2.24, 2.45) is 5.92 Å². The number of anilines is 3. The van der Waals surface area contributed by atoms with Crippen LogP contribution in [0, 0.1) is 5.92 Å². The quantitative estimate of drug-likeness (QED) is 0.481. The van der Waals surface area contributed by atoms with Gasteiger partial charge in [0, 0.05) is 41.7 Å². The summed E-state index contributed by atoms with van der Waals surface area (Å²) in [6.07, 6.45) is 2.10.